The molecule has 7 heteroatoms. The molecule has 0 aliphatic carbocycles. The van der Waals surface area contributed by atoms with E-state index >= 15 is 0 Å². The number of ether oxygens (including phenoxy) is 1. The van der Waals surface area contributed by atoms with Gasteiger partial charge in [0.2, 0.25) is 0 Å². The lowest BCUT2D eigenvalue weighted by Gasteiger charge is -2.21. The van der Waals surface area contributed by atoms with Gasteiger partial charge in [-0.1, -0.05) is 35.6 Å². The topological polar surface area (TPSA) is 45.7 Å². The van der Waals surface area contributed by atoms with Crippen LogP contribution < -0.4 is 9.64 Å². The summed E-state index contributed by atoms with van der Waals surface area (Å²) in [7, 11) is 4.08. The van der Waals surface area contributed by atoms with Gasteiger partial charge < -0.3 is 9.64 Å². The van der Waals surface area contributed by atoms with E-state index in [2.05, 4.69) is 30.9 Å². The minimum absolute atomic E-state index is 0. The van der Waals surface area contributed by atoms with Crippen LogP contribution in [0.25, 0.3) is 10.2 Å². The molecule has 3 rings (SSSR count). The molecular formula is C23H30ClN3O2S. The van der Waals surface area contributed by atoms with E-state index < -0.39 is 0 Å². The Hall–Kier alpha value is -2.15. The number of nitrogens with zero attached hydrogens (tertiary/aromatic N) is 3. The highest BCUT2D eigenvalue weighted by molar-refractivity contribution is 7.22. The van der Waals surface area contributed by atoms with Gasteiger partial charge in [0.05, 0.1) is 10.2 Å². The molecule has 162 valence electrons. The lowest BCUT2D eigenvalue weighted by molar-refractivity contribution is -0.120. The van der Waals surface area contributed by atoms with Gasteiger partial charge in [-0.15, -0.1) is 12.4 Å². The van der Waals surface area contributed by atoms with Crippen LogP contribution in [0.1, 0.15) is 23.1 Å². The van der Waals surface area contributed by atoms with Gasteiger partial charge in [-0.3, -0.25) is 9.69 Å². The van der Waals surface area contributed by atoms with Crippen LogP contribution in [0.15, 0.2) is 36.4 Å². The van der Waals surface area contributed by atoms with Crippen LogP contribution in [-0.2, 0) is 4.79 Å². The lowest BCUT2D eigenvalue weighted by Crippen LogP contribution is -2.37. The summed E-state index contributed by atoms with van der Waals surface area (Å²) in [5.74, 6) is 0.672. The van der Waals surface area contributed by atoms with Gasteiger partial charge in [-0.25, -0.2) is 4.98 Å². The Morgan fingerprint density at radius 1 is 1.03 bits per heavy atom. The van der Waals surface area contributed by atoms with Gasteiger partial charge in [0.15, 0.2) is 11.7 Å². The molecule has 0 unspecified atom stereocenters. The predicted octanol–water partition coefficient (Wildman–Crippen LogP) is 5.01. The number of hydrogen-bond acceptors (Lipinski definition) is 5. The smallest absolute Gasteiger partial charge is 0.266 e. The first-order chi connectivity index (χ1) is 13.9. The number of aryl methyl sites for hydroxylation is 3. The third-order valence-electron chi connectivity index (χ3n) is 5.04. The van der Waals surface area contributed by atoms with Crippen LogP contribution in [-0.4, -0.2) is 49.6 Å². The van der Waals surface area contributed by atoms with Gasteiger partial charge >= 0.3 is 0 Å². The van der Waals surface area contributed by atoms with Gasteiger partial charge in [0.25, 0.3) is 5.91 Å². The van der Waals surface area contributed by atoms with Gasteiger partial charge in [-0.05, 0) is 76.7 Å². The monoisotopic (exact) mass is 447 g/mol. The molecule has 0 atom stereocenters. The van der Waals surface area contributed by atoms with E-state index in [1.807, 2.05) is 45.3 Å². The number of carbonyl (C=O) groups is 1. The number of hydrogen-bond donors (Lipinski definition) is 0. The minimum Gasteiger partial charge on any atom is -0.483 e. The number of thiazole rings is 1. The molecule has 0 spiro atoms. The number of benzene rings is 2. The summed E-state index contributed by atoms with van der Waals surface area (Å²) < 4.78 is 6.93. The Morgan fingerprint density at radius 3 is 2.47 bits per heavy atom. The highest BCUT2D eigenvalue weighted by atomic mass is 35.5. The van der Waals surface area contributed by atoms with Crippen molar-refractivity contribution in [2.45, 2.75) is 27.2 Å². The lowest BCUT2D eigenvalue weighted by atomic mass is 10.1. The van der Waals surface area contributed by atoms with Crippen molar-refractivity contribution in [2.75, 3.05) is 38.7 Å². The molecule has 2 aromatic carbocycles. The number of aromatic nitrogens is 1. The maximum Gasteiger partial charge on any atom is 0.266 e. The second-order valence-electron chi connectivity index (χ2n) is 7.61. The molecule has 0 aliphatic heterocycles. The van der Waals surface area contributed by atoms with Crippen molar-refractivity contribution >= 4 is 45.0 Å². The molecule has 5 nitrogen and oxygen atoms in total. The van der Waals surface area contributed by atoms with Crippen molar-refractivity contribution in [3.63, 3.8) is 0 Å². The summed E-state index contributed by atoms with van der Waals surface area (Å²) in [5.41, 5.74) is 4.38. The molecule has 1 amide bonds. The molecule has 1 aromatic heterocycles. The van der Waals surface area contributed by atoms with Crippen LogP contribution in [0.2, 0.25) is 0 Å². The van der Waals surface area contributed by atoms with Crippen LogP contribution in [0, 0.1) is 20.8 Å². The molecule has 0 bridgehead atoms. The van der Waals surface area contributed by atoms with E-state index in [9.17, 15) is 4.79 Å². The molecular weight excluding hydrogens is 418 g/mol. The van der Waals surface area contributed by atoms with E-state index in [4.69, 9.17) is 9.72 Å². The fourth-order valence-corrected chi connectivity index (χ4v) is 4.21. The number of halogens is 1. The first-order valence-corrected chi connectivity index (χ1v) is 10.7. The summed E-state index contributed by atoms with van der Waals surface area (Å²) in [6.07, 6.45) is 0.872. The zero-order valence-electron chi connectivity index (χ0n) is 18.3. The third-order valence-corrected chi connectivity index (χ3v) is 6.08. The molecule has 1 heterocycles. The molecule has 0 fully saturated rings. The molecule has 0 aliphatic rings. The molecule has 0 saturated heterocycles. The van der Waals surface area contributed by atoms with Gasteiger partial charge in [0, 0.05) is 6.54 Å². The van der Waals surface area contributed by atoms with E-state index in [1.165, 1.54) is 11.1 Å². The van der Waals surface area contributed by atoms with Crippen molar-refractivity contribution in [1.82, 2.24) is 9.88 Å². The predicted molar refractivity (Wildman–Crippen MR) is 129 cm³/mol. The highest BCUT2D eigenvalue weighted by Gasteiger charge is 2.21. The second-order valence-corrected chi connectivity index (χ2v) is 8.62. The van der Waals surface area contributed by atoms with Crippen LogP contribution in [0.4, 0.5) is 5.13 Å². The van der Waals surface area contributed by atoms with Gasteiger partial charge in [0.1, 0.15) is 5.75 Å². The Bertz CT molecular complexity index is 1000. The third kappa shape index (κ3) is 5.72. The van der Waals surface area contributed by atoms with Gasteiger partial charge in [-0.2, -0.15) is 0 Å². The summed E-state index contributed by atoms with van der Waals surface area (Å²) in [6, 6.07) is 11.9. The zero-order valence-corrected chi connectivity index (χ0v) is 19.9. The van der Waals surface area contributed by atoms with Crippen molar-refractivity contribution in [2.24, 2.45) is 0 Å². The average molecular weight is 448 g/mol. The van der Waals surface area contributed by atoms with Crippen LogP contribution >= 0.6 is 23.7 Å². The second kappa shape index (κ2) is 10.8. The first kappa shape index (κ1) is 24.1. The van der Waals surface area contributed by atoms with E-state index in [0.29, 0.717) is 6.54 Å². The molecule has 0 radical (unpaired) electrons. The summed E-state index contributed by atoms with van der Waals surface area (Å²) in [5, 5.41) is 0.742. The largest absolute Gasteiger partial charge is 0.483 e. The van der Waals surface area contributed by atoms with Crippen molar-refractivity contribution in [3.05, 3.63) is 53.1 Å². The summed E-state index contributed by atoms with van der Waals surface area (Å²) >= 11 is 1.57. The molecule has 30 heavy (non-hydrogen) atoms. The average Bonchev–Trinajstić information content (AvgIpc) is 3.12. The molecule has 3 aromatic rings. The maximum absolute atomic E-state index is 13.1. The quantitative estimate of drug-likeness (QED) is 0.487. The number of fused-ring (bicyclic) bond motifs is 1. The number of carbonyl (C=O) groups excluding carboxylic acids is 1. The Morgan fingerprint density at radius 2 is 1.77 bits per heavy atom. The number of para-hydroxylation sites is 1. The number of anilines is 1. The van der Waals surface area contributed by atoms with E-state index in [0.717, 1.165) is 39.6 Å². The first-order valence-electron chi connectivity index (χ1n) is 9.87. The van der Waals surface area contributed by atoms with E-state index in [-0.39, 0.29) is 24.9 Å². The Labute approximate surface area is 189 Å². The van der Waals surface area contributed by atoms with E-state index in [1.54, 1.807) is 16.2 Å². The van der Waals surface area contributed by atoms with Crippen molar-refractivity contribution in [3.8, 4) is 5.75 Å². The Balaban J connectivity index is 0.00000320. The van der Waals surface area contributed by atoms with Crippen molar-refractivity contribution < 1.29 is 9.53 Å². The van der Waals surface area contributed by atoms with Crippen LogP contribution in [0.3, 0.4) is 0 Å². The number of rotatable bonds is 8. The van der Waals surface area contributed by atoms with Crippen LogP contribution in [0.5, 0.6) is 5.75 Å². The molecule has 0 N–H and O–H groups in total. The number of amides is 1. The normalized spacial score (nSPS) is 10.9. The van der Waals surface area contributed by atoms with Crippen molar-refractivity contribution in [1.29, 1.82) is 0 Å². The molecule has 0 saturated carbocycles. The maximum atomic E-state index is 13.1. The fraction of sp³-hybridized carbons (Fsp3) is 0.391. The minimum atomic E-state index is -0.0690. The highest BCUT2D eigenvalue weighted by Crippen LogP contribution is 2.32. The standard InChI is InChI=1S/C23H29N3O2S.ClH/c1-16-11-12-20-22(18(16)3)24-23(29-20)26(14-8-13-25(4)5)21(27)15-28-19-10-7-6-9-17(19)2;/h6-7,9-12H,8,13-15H2,1-5H3;1H. The fourth-order valence-electron chi connectivity index (χ4n) is 3.14. The summed E-state index contributed by atoms with van der Waals surface area (Å²) in [4.78, 5) is 21.8. The zero-order chi connectivity index (χ0) is 21.0. The Kier molecular flexibility index (Phi) is 8.65. The SMILES string of the molecule is Cc1ccccc1OCC(=O)N(CCCN(C)C)c1nc2c(C)c(C)ccc2s1.Cl. The summed E-state index contributed by atoms with van der Waals surface area (Å²) in [6.45, 7) is 7.68.